The van der Waals surface area contributed by atoms with Crippen LogP contribution < -0.4 is 16.2 Å². The molecule has 0 heterocycles. The van der Waals surface area contributed by atoms with Crippen LogP contribution in [0.3, 0.4) is 0 Å². The lowest BCUT2D eigenvalue weighted by atomic mass is 9.96. The third-order valence-corrected chi connectivity index (χ3v) is 2.40. The van der Waals surface area contributed by atoms with Gasteiger partial charge in [0.2, 0.25) is 0 Å². The molecule has 0 spiro atoms. The summed E-state index contributed by atoms with van der Waals surface area (Å²) in [5.41, 5.74) is 8.52. The van der Waals surface area contributed by atoms with E-state index in [9.17, 15) is 9.59 Å². The Labute approximate surface area is 98.2 Å². The molecule has 1 unspecified atom stereocenters. The second kappa shape index (κ2) is 4.94. The number of esters is 1. The van der Waals surface area contributed by atoms with E-state index in [1.807, 2.05) is 0 Å². The maximum Gasteiger partial charge on any atom is 0.339 e. The highest BCUT2D eigenvalue weighted by molar-refractivity contribution is 5.87. The van der Waals surface area contributed by atoms with Crippen molar-refractivity contribution < 1.29 is 19.4 Å². The molecule has 5 N–H and O–H groups in total. The van der Waals surface area contributed by atoms with Crippen LogP contribution >= 0.6 is 0 Å². The summed E-state index contributed by atoms with van der Waals surface area (Å²) in [6.07, 6.45) is 0. The molecule has 0 bridgehead atoms. The third kappa shape index (κ3) is 3.02. The normalized spacial score (nSPS) is 12.9. The Hall–Kier alpha value is -1.92. The average Bonchev–Trinajstić information content (AvgIpc) is 2.29. The van der Waals surface area contributed by atoms with Crippen LogP contribution in [0.25, 0.3) is 0 Å². The van der Waals surface area contributed by atoms with Crippen molar-refractivity contribution in [2.45, 2.75) is 12.6 Å². The van der Waals surface area contributed by atoms with Gasteiger partial charge in [0.15, 0.2) is 5.66 Å². The van der Waals surface area contributed by atoms with Crippen molar-refractivity contribution in [3.63, 3.8) is 0 Å². The molecule has 17 heavy (non-hydrogen) atoms. The van der Waals surface area contributed by atoms with Gasteiger partial charge in [-0.1, -0.05) is 18.2 Å². The van der Waals surface area contributed by atoms with E-state index in [4.69, 9.17) is 21.3 Å². The minimum Gasteiger partial charge on any atom is -0.479 e. The number of rotatable bonds is 4. The van der Waals surface area contributed by atoms with Crippen molar-refractivity contribution >= 4 is 11.9 Å². The fraction of sp³-hybridized carbons (Fsp3) is 0.273. The Balaban J connectivity index is 2.75. The topological polar surface area (TPSA) is 116 Å². The summed E-state index contributed by atoms with van der Waals surface area (Å²) in [4.78, 5) is 22.4. The largest absolute Gasteiger partial charge is 0.479 e. The summed E-state index contributed by atoms with van der Waals surface area (Å²) in [6.45, 7) is 1.30. The van der Waals surface area contributed by atoms with Crippen LogP contribution in [-0.4, -0.2) is 22.7 Å². The van der Waals surface area contributed by atoms with E-state index in [1.54, 1.807) is 30.3 Å². The summed E-state index contributed by atoms with van der Waals surface area (Å²) in [5, 5.41) is 8.77. The lowest BCUT2D eigenvalue weighted by Gasteiger charge is -2.24. The number of hydrogen-bond donors (Lipinski definition) is 3. The minimum atomic E-state index is -2.15. The van der Waals surface area contributed by atoms with Gasteiger partial charge in [-0.25, -0.2) is 4.79 Å². The lowest BCUT2D eigenvalue weighted by Crippen LogP contribution is -2.63. The highest BCUT2D eigenvalue weighted by Crippen LogP contribution is 2.15. The highest BCUT2D eigenvalue weighted by atomic mass is 16.5. The molecule has 1 atom stereocenters. The van der Waals surface area contributed by atoms with Crippen LogP contribution in [0.2, 0.25) is 0 Å². The quantitative estimate of drug-likeness (QED) is 0.384. The Morgan fingerprint density at radius 3 is 2.29 bits per heavy atom. The Morgan fingerprint density at radius 1 is 1.29 bits per heavy atom. The second-order valence-corrected chi connectivity index (χ2v) is 3.69. The first-order valence-corrected chi connectivity index (χ1v) is 4.93. The molecule has 0 saturated carbocycles. The molecule has 6 nitrogen and oxygen atoms in total. The molecule has 92 valence electrons. The van der Waals surface area contributed by atoms with E-state index in [1.165, 1.54) is 6.92 Å². The number of carbonyl (C=O) groups is 2. The monoisotopic (exact) mass is 238 g/mol. The number of benzene rings is 1. The summed E-state index contributed by atoms with van der Waals surface area (Å²) in [5.74, 6) is -3.11. The number of hydrogen-bond acceptors (Lipinski definition) is 5. The van der Waals surface area contributed by atoms with Crippen LogP contribution in [-0.2, 0) is 9.59 Å². The number of carbonyl (C=O) groups excluding carboxylic acids is 1. The van der Waals surface area contributed by atoms with Gasteiger partial charge in [0, 0.05) is 0 Å². The summed E-state index contributed by atoms with van der Waals surface area (Å²) in [7, 11) is 0. The van der Waals surface area contributed by atoms with E-state index in [0.29, 0.717) is 5.75 Å². The van der Waals surface area contributed by atoms with Crippen molar-refractivity contribution in [1.82, 2.24) is 0 Å². The van der Waals surface area contributed by atoms with Crippen molar-refractivity contribution in [2.75, 3.05) is 0 Å². The number of carboxylic acids is 1. The Kier molecular flexibility index (Phi) is 3.82. The van der Waals surface area contributed by atoms with Crippen molar-refractivity contribution in [2.24, 2.45) is 17.4 Å². The molecule has 0 aliphatic carbocycles. The maximum absolute atomic E-state index is 11.6. The van der Waals surface area contributed by atoms with E-state index < -0.39 is 23.5 Å². The zero-order chi connectivity index (χ0) is 13.1. The number of para-hydroxylation sites is 1. The molecule has 1 aromatic carbocycles. The van der Waals surface area contributed by atoms with Gasteiger partial charge in [0.25, 0.3) is 0 Å². The zero-order valence-electron chi connectivity index (χ0n) is 9.29. The standard InChI is InChI=1S/C11H14N2O4/c1-7(11(12,13)10(15)16)9(14)17-8-5-3-2-4-6-8/h2-7H,12-13H2,1H3,(H,15,16). The lowest BCUT2D eigenvalue weighted by molar-refractivity contribution is -0.153. The summed E-state index contributed by atoms with van der Waals surface area (Å²) < 4.78 is 4.95. The van der Waals surface area contributed by atoms with Crippen LogP contribution in [0, 0.1) is 5.92 Å². The van der Waals surface area contributed by atoms with Gasteiger partial charge < -0.3 is 21.3 Å². The smallest absolute Gasteiger partial charge is 0.339 e. The predicted molar refractivity (Wildman–Crippen MR) is 60.0 cm³/mol. The molecule has 6 heteroatoms. The molecule has 0 radical (unpaired) electrons. The first kappa shape index (κ1) is 13.1. The van der Waals surface area contributed by atoms with Crippen molar-refractivity contribution in [1.29, 1.82) is 0 Å². The SMILES string of the molecule is CC(C(=O)Oc1ccccc1)C(N)(N)C(=O)O. The number of carboxylic acid groups (broad SMARTS) is 1. The van der Waals surface area contributed by atoms with Gasteiger partial charge in [0.1, 0.15) is 5.75 Å². The zero-order valence-corrected chi connectivity index (χ0v) is 9.29. The van der Waals surface area contributed by atoms with Gasteiger partial charge in [-0.3, -0.25) is 4.79 Å². The van der Waals surface area contributed by atoms with Crippen LogP contribution in [0.5, 0.6) is 5.75 Å². The fourth-order valence-electron chi connectivity index (χ4n) is 1.07. The van der Waals surface area contributed by atoms with Crippen molar-refractivity contribution in [3.8, 4) is 5.75 Å². The van der Waals surface area contributed by atoms with Gasteiger partial charge in [0.05, 0.1) is 5.92 Å². The molecule has 0 aliphatic heterocycles. The molecule has 1 aromatic rings. The van der Waals surface area contributed by atoms with Crippen LogP contribution in [0.1, 0.15) is 6.92 Å². The molecule has 0 aromatic heterocycles. The maximum atomic E-state index is 11.6. The Bertz CT molecular complexity index is 417. The van der Waals surface area contributed by atoms with Gasteiger partial charge in [-0.15, -0.1) is 0 Å². The average molecular weight is 238 g/mol. The molecule has 1 rings (SSSR count). The molecular formula is C11H14N2O4. The van der Waals surface area contributed by atoms with Crippen molar-refractivity contribution in [3.05, 3.63) is 30.3 Å². The van der Waals surface area contributed by atoms with E-state index in [2.05, 4.69) is 0 Å². The Morgan fingerprint density at radius 2 is 1.82 bits per heavy atom. The van der Waals surface area contributed by atoms with E-state index in [0.717, 1.165) is 0 Å². The van der Waals surface area contributed by atoms with Gasteiger partial charge >= 0.3 is 11.9 Å². The predicted octanol–water partition coefficient (Wildman–Crippen LogP) is -0.0736. The first-order valence-electron chi connectivity index (χ1n) is 4.93. The number of nitrogens with two attached hydrogens (primary N) is 2. The minimum absolute atomic E-state index is 0.311. The van der Waals surface area contributed by atoms with Crippen LogP contribution in [0.15, 0.2) is 30.3 Å². The summed E-state index contributed by atoms with van der Waals surface area (Å²) >= 11 is 0. The highest BCUT2D eigenvalue weighted by Gasteiger charge is 2.41. The van der Waals surface area contributed by atoms with E-state index >= 15 is 0 Å². The van der Waals surface area contributed by atoms with Gasteiger partial charge in [-0.2, -0.15) is 0 Å². The van der Waals surface area contributed by atoms with E-state index in [-0.39, 0.29) is 0 Å². The van der Waals surface area contributed by atoms with Gasteiger partial charge in [-0.05, 0) is 19.1 Å². The molecule has 0 saturated heterocycles. The first-order chi connectivity index (χ1) is 7.85. The summed E-state index contributed by atoms with van der Waals surface area (Å²) in [6, 6.07) is 8.26. The number of aliphatic carboxylic acids is 1. The third-order valence-electron chi connectivity index (χ3n) is 2.40. The molecular weight excluding hydrogens is 224 g/mol. The molecule has 0 fully saturated rings. The molecule has 0 aliphatic rings. The molecule has 0 amide bonds. The number of ether oxygens (including phenoxy) is 1. The van der Waals surface area contributed by atoms with Crippen LogP contribution in [0.4, 0.5) is 0 Å². The second-order valence-electron chi connectivity index (χ2n) is 3.69. The fourth-order valence-corrected chi connectivity index (χ4v) is 1.07.